The van der Waals surface area contributed by atoms with E-state index in [0.29, 0.717) is 6.04 Å². The van der Waals surface area contributed by atoms with Crippen LogP contribution in [0.2, 0.25) is 0 Å². The molecule has 1 aromatic rings. The lowest BCUT2D eigenvalue weighted by atomic mass is 9.76. The SMILES string of the molecule is CCNC(c1cc(C)cc(C)c1)C1CCCC(C)C1. The van der Waals surface area contributed by atoms with E-state index in [1.54, 1.807) is 0 Å². The van der Waals surface area contributed by atoms with Crippen LogP contribution in [0.5, 0.6) is 0 Å². The Morgan fingerprint density at radius 2 is 1.84 bits per heavy atom. The predicted molar refractivity (Wildman–Crippen MR) is 83.5 cm³/mol. The first kappa shape index (κ1) is 14.6. The highest BCUT2D eigenvalue weighted by Crippen LogP contribution is 2.37. The van der Waals surface area contributed by atoms with Crippen LogP contribution < -0.4 is 5.32 Å². The summed E-state index contributed by atoms with van der Waals surface area (Å²) in [6.07, 6.45) is 5.58. The number of rotatable bonds is 4. The lowest BCUT2D eigenvalue weighted by molar-refractivity contribution is 0.225. The summed E-state index contributed by atoms with van der Waals surface area (Å²) >= 11 is 0. The van der Waals surface area contributed by atoms with Crippen LogP contribution in [-0.4, -0.2) is 6.54 Å². The highest BCUT2D eigenvalue weighted by atomic mass is 14.9. The van der Waals surface area contributed by atoms with Crippen molar-refractivity contribution >= 4 is 0 Å². The Morgan fingerprint density at radius 1 is 1.16 bits per heavy atom. The Bertz CT molecular complexity index is 390. The first-order valence-electron chi connectivity index (χ1n) is 7.91. The predicted octanol–water partition coefficient (Wildman–Crippen LogP) is 4.78. The van der Waals surface area contributed by atoms with Gasteiger partial charge in [-0.3, -0.25) is 0 Å². The van der Waals surface area contributed by atoms with E-state index in [9.17, 15) is 0 Å². The molecule has 0 spiro atoms. The average molecular weight is 259 g/mol. The largest absolute Gasteiger partial charge is 0.310 e. The van der Waals surface area contributed by atoms with Crippen molar-refractivity contribution in [1.82, 2.24) is 5.32 Å². The Kier molecular flexibility index (Phi) is 5.04. The van der Waals surface area contributed by atoms with Gasteiger partial charge in [0.2, 0.25) is 0 Å². The first-order valence-corrected chi connectivity index (χ1v) is 7.91. The highest BCUT2D eigenvalue weighted by Gasteiger charge is 2.27. The van der Waals surface area contributed by atoms with Gasteiger partial charge < -0.3 is 5.32 Å². The van der Waals surface area contributed by atoms with Crippen molar-refractivity contribution in [3.05, 3.63) is 34.9 Å². The Hall–Kier alpha value is -0.820. The van der Waals surface area contributed by atoms with Gasteiger partial charge in [-0.25, -0.2) is 0 Å². The van der Waals surface area contributed by atoms with Gasteiger partial charge in [0, 0.05) is 6.04 Å². The fraction of sp³-hybridized carbons (Fsp3) is 0.667. The van der Waals surface area contributed by atoms with Crippen LogP contribution in [0.15, 0.2) is 18.2 Å². The maximum Gasteiger partial charge on any atom is 0.0348 e. The van der Waals surface area contributed by atoms with Crippen molar-refractivity contribution < 1.29 is 0 Å². The zero-order valence-electron chi connectivity index (χ0n) is 13.0. The second-order valence-electron chi connectivity index (χ2n) is 6.49. The molecule has 106 valence electrons. The highest BCUT2D eigenvalue weighted by molar-refractivity contribution is 5.31. The molecule has 1 aliphatic carbocycles. The summed E-state index contributed by atoms with van der Waals surface area (Å²) in [4.78, 5) is 0. The fourth-order valence-corrected chi connectivity index (χ4v) is 3.75. The zero-order chi connectivity index (χ0) is 13.8. The van der Waals surface area contributed by atoms with Crippen molar-refractivity contribution in [1.29, 1.82) is 0 Å². The van der Waals surface area contributed by atoms with Crippen LogP contribution in [0.1, 0.15) is 62.3 Å². The molecule has 1 N–H and O–H groups in total. The number of hydrogen-bond acceptors (Lipinski definition) is 1. The van der Waals surface area contributed by atoms with Gasteiger partial charge >= 0.3 is 0 Å². The molecular formula is C18H29N. The molecule has 3 unspecified atom stereocenters. The molecule has 19 heavy (non-hydrogen) atoms. The Labute approximate surface area is 118 Å². The Morgan fingerprint density at radius 3 is 2.42 bits per heavy atom. The van der Waals surface area contributed by atoms with Crippen LogP contribution >= 0.6 is 0 Å². The number of benzene rings is 1. The zero-order valence-corrected chi connectivity index (χ0v) is 13.0. The third kappa shape index (κ3) is 3.82. The summed E-state index contributed by atoms with van der Waals surface area (Å²) in [6.45, 7) is 10.1. The normalized spacial score (nSPS) is 25.3. The van der Waals surface area contributed by atoms with E-state index in [0.717, 1.165) is 18.4 Å². The molecule has 1 fully saturated rings. The lowest BCUT2D eigenvalue weighted by Crippen LogP contribution is -2.31. The molecule has 0 radical (unpaired) electrons. The second kappa shape index (κ2) is 6.56. The maximum absolute atomic E-state index is 3.74. The van der Waals surface area contributed by atoms with Crippen molar-refractivity contribution in [3.63, 3.8) is 0 Å². The Balaban J connectivity index is 2.22. The molecule has 0 aliphatic heterocycles. The van der Waals surface area contributed by atoms with E-state index >= 15 is 0 Å². The molecule has 1 aliphatic rings. The van der Waals surface area contributed by atoms with Gasteiger partial charge in [0.05, 0.1) is 0 Å². The molecule has 0 heterocycles. The van der Waals surface area contributed by atoms with E-state index in [-0.39, 0.29) is 0 Å². The van der Waals surface area contributed by atoms with E-state index < -0.39 is 0 Å². The molecule has 0 saturated heterocycles. The topological polar surface area (TPSA) is 12.0 Å². The van der Waals surface area contributed by atoms with Gasteiger partial charge in [-0.2, -0.15) is 0 Å². The molecule has 0 bridgehead atoms. The summed E-state index contributed by atoms with van der Waals surface area (Å²) < 4.78 is 0. The molecule has 1 saturated carbocycles. The van der Waals surface area contributed by atoms with Gasteiger partial charge in [-0.05, 0) is 50.6 Å². The second-order valence-corrected chi connectivity index (χ2v) is 6.49. The van der Waals surface area contributed by atoms with Crippen LogP contribution in [0.4, 0.5) is 0 Å². The smallest absolute Gasteiger partial charge is 0.0348 e. The van der Waals surface area contributed by atoms with Gasteiger partial charge in [0.15, 0.2) is 0 Å². The maximum atomic E-state index is 3.74. The molecule has 1 nitrogen and oxygen atoms in total. The van der Waals surface area contributed by atoms with Crippen molar-refractivity contribution in [2.45, 2.75) is 59.4 Å². The van der Waals surface area contributed by atoms with Crippen LogP contribution in [0.3, 0.4) is 0 Å². The summed E-state index contributed by atoms with van der Waals surface area (Å²) in [5.74, 6) is 1.70. The van der Waals surface area contributed by atoms with Crippen molar-refractivity contribution in [3.8, 4) is 0 Å². The molecular weight excluding hydrogens is 230 g/mol. The third-order valence-corrected chi connectivity index (χ3v) is 4.48. The molecule has 2 rings (SSSR count). The molecule has 1 heteroatoms. The van der Waals surface area contributed by atoms with Crippen LogP contribution in [-0.2, 0) is 0 Å². The summed E-state index contributed by atoms with van der Waals surface area (Å²) in [5.41, 5.74) is 4.28. The van der Waals surface area contributed by atoms with Crippen molar-refractivity contribution in [2.24, 2.45) is 11.8 Å². The standard InChI is InChI=1S/C18H29N/c1-5-19-18(16-8-6-7-13(2)10-16)17-11-14(3)9-15(4)12-17/h9,11-13,16,18-19H,5-8,10H2,1-4H3. The summed E-state index contributed by atoms with van der Waals surface area (Å²) in [6, 6.07) is 7.57. The number of hydrogen-bond donors (Lipinski definition) is 1. The first-order chi connectivity index (χ1) is 9.10. The average Bonchev–Trinajstić information content (AvgIpc) is 2.34. The van der Waals surface area contributed by atoms with E-state index in [4.69, 9.17) is 0 Å². The van der Waals surface area contributed by atoms with Gasteiger partial charge in [-0.15, -0.1) is 0 Å². The van der Waals surface area contributed by atoms with E-state index in [1.165, 1.54) is 42.4 Å². The molecule has 1 aromatic carbocycles. The quantitative estimate of drug-likeness (QED) is 0.820. The van der Waals surface area contributed by atoms with Crippen molar-refractivity contribution in [2.75, 3.05) is 6.54 Å². The van der Waals surface area contributed by atoms with E-state index in [2.05, 4.69) is 51.2 Å². The van der Waals surface area contributed by atoms with E-state index in [1.807, 2.05) is 0 Å². The van der Waals surface area contributed by atoms with Crippen LogP contribution in [0, 0.1) is 25.7 Å². The molecule has 0 aromatic heterocycles. The number of nitrogens with one attached hydrogen (secondary N) is 1. The lowest BCUT2D eigenvalue weighted by Gasteiger charge is -2.34. The summed E-state index contributed by atoms with van der Waals surface area (Å²) in [5, 5.41) is 3.74. The minimum atomic E-state index is 0.548. The monoisotopic (exact) mass is 259 g/mol. The molecule has 0 amide bonds. The van der Waals surface area contributed by atoms with Gasteiger partial charge in [-0.1, -0.05) is 56.0 Å². The minimum absolute atomic E-state index is 0.548. The molecule has 3 atom stereocenters. The fourth-order valence-electron chi connectivity index (χ4n) is 3.75. The van der Waals surface area contributed by atoms with Gasteiger partial charge in [0.1, 0.15) is 0 Å². The van der Waals surface area contributed by atoms with Gasteiger partial charge in [0.25, 0.3) is 0 Å². The van der Waals surface area contributed by atoms with Crippen LogP contribution in [0.25, 0.3) is 0 Å². The third-order valence-electron chi connectivity index (χ3n) is 4.48. The number of aryl methyl sites for hydroxylation is 2. The summed E-state index contributed by atoms with van der Waals surface area (Å²) in [7, 11) is 0. The minimum Gasteiger partial charge on any atom is -0.310 e.